The van der Waals surface area contributed by atoms with Gasteiger partial charge in [0, 0.05) is 38.5 Å². The summed E-state index contributed by atoms with van der Waals surface area (Å²) in [6.45, 7) is 4.43. The van der Waals surface area contributed by atoms with Gasteiger partial charge in [-0.2, -0.15) is 0 Å². The Bertz CT molecular complexity index is 379. The second-order valence-electron chi connectivity index (χ2n) is 6.35. The Hall–Kier alpha value is -1.10. The summed E-state index contributed by atoms with van der Waals surface area (Å²) < 4.78 is 0. The molecule has 0 radical (unpaired) electrons. The van der Waals surface area contributed by atoms with Crippen LogP contribution in [0.5, 0.6) is 0 Å². The average molecular weight is 279 g/mol. The van der Waals surface area contributed by atoms with Gasteiger partial charge in [-0.1, -0.05) is 0 Å². The highest BCUT2D eigenvalue weighted by Crippen LogP contribution is 2.24. The molecule has 20 heavy (non-hydrogen) atoms. The Balaban J connectivity index is 1.44. The molecular weight excluding hydrogens is 254 g/mol. The van der Waals surface area contributed by atoms with E-state index in [4.69, 9.17) is 0 Å². The standard InChI is InChI=1S/C15H25N3O2/c19-14(3-1-12-5-7-16-8-6-12)17-9-10-18-13(11-17)2-4-15(18)20/h12-13,16H,1-11H2. The highest BCUT2D eigenvalue weighted by atomic mass is 16.2. The van der Waals surface area contributed by atoms with E-state index in [1.165, 1.54) is 12.8 Å². The maximum Gasteiger partial charge on any atom is 0.223 e. The third kappa shape index (κ3) is 2.97. The van der Waals surface area contributed by atoms with Gasteiger partial charge in [0.25, 0.3) is 0 Å². The first-order valence-electron chi connectivity index (χ1n) is 8.02. The van der Waals surface area contributed by atoms with E-state index in [2.05, 4.69) is 5.32 Å². The molecule has 5 nitrogen and oxygen atoms in total. The lowest BCUT2D eigenvalue weighted by Crippen LogP contribution is -2.53. The lowest BCUT2D eigenvalue weighted by molar-refractivity contribution is -0.139. The van der Waals surface area contributed by atoms with Crippen molar-refractivity contribution in [1.29, 1.82) is 0 Å². The van der Waals surface area contributed by atoms with Crippen molar-refractivity contribution in [2.24, 2.45) is 5.92 Å². The van der Waals surface area contributed by atoms with Crippen LogP contribution in [-0.4, -0.2) is 60.4 Å². The van der Waals surface area contributed by atoms with Crippen LogP contribution >= 0.6 is 0 Å². The van der Waals surface area contributed by atoms with E-state index in [1.807, 2.05) is 9.80 Å². The van der Waals surface area contributed by atoms with Crippen LogP contribution in [0.15, 0.2) is 0 Å². The third-order valence-corrected chi connectivity index (χ3v) is 5.07. The predicted molar refractivity (Wildman–Crippen MR) is 76.1 cm³/mol. The fourth-order valence-corrected chi connectivity index (χ4v) is 3.75. The monoisotopic (exact) mass is 279 g/mol. The van der Waals surface area contributed by atoms with E-state index in [0.29, 0.717) is 24.8 Å². The Morgan fingerprint density at radius 2 is 2.00 bits per heavy atom. The Morgan fingerprint density at radius 3 is 2.80 bits per heavy atom. The predicted octanol–water partition coefficient (Wildman–Crippen LogP) is 0.599. The first kappa shape index (κ1) is 13.9. The van der Waals surface area contributed by atoms with Gasteiger partial charge in [-0.25, -0.2) is 0 Å². The summed E-state index contributed by atoms with van der Waals surface area (Å²) >= 11 is 0. The second-order valence-corrected chi connectivity index (χ2v) is 6.35. The molecule has 0 bridgehead atoms. The van der Waals surface area contributed by atoms with Gasteiger partial charge >= 0.3 is 0 Å². The molecule has 112 valence electrons. The third-order valence-electron chi connectivity index (χ3n) is 5.07. The molecule has 1 unspecified atom stereocenters. The summed E-state index contributed by atoms with van der Waals surface area (Å²) in [6.07, 6.45) is 5.73. The van der Waals surface area contributed by atoms with E-state index in [0.717, 1.165) is 51.5 Å². The quantitative estimate of drug-likeness (QED) is 0.823. The molecule has 1 atom stereocenters. The number of piperidine rings is 1. The number of amides is 2. The topological polar surface area (TPSA) is 52.7 Å². The number of piperazine rings is 1. The maximum atomic E-state index is 12.3. The molecule has 0 aromatic rings. The van der Waals surface area contributed by atoms with Gasteiger partial charge in [0.05, 0.1) is 0 Å². The van der Waals surface area contributed by atoms with Gasteiger partial charge in [-0.05, 0) is 44.7 Å². The number of hydrogen-bond acceptors (Lipinski definition) is 3. The number of nitrogens with one attached hydrogen (secondary N) is 1. The minimum absolute atomic E-state index is 0.275. The van der Waals surface area contributed by atoms with Crippen LogP contribution in [0, 0.1) is 5.92 Å². The molecule has 3 fully saturated rings. The average Bonchev–Trinajstić information content (AvgIpc) is 2.87. The van der Waals surface area contributed by atoms with Crippen molar-refractivity contribution in [3.05, 3.63) is 0 Å². The number of hydrogen-bond donors (Lipinski definition) is 1. The number of carbonyl (C=O) groups is 2. The Kier molecular flexibility index (Phi) is 4.24. The SMILES string of the molecule is O=C(CCC1CCNCC1)N1CCN2C(=O)CCC2C1. The summed E-state index contributed by atoms with van der Waals surface area (Å²) in [5.74, 6) is 1.29. The van der Waals surface area contributed by atoms with Crippen LogP contribution in [0.25, 0.3) is 0 Å². The van der Waals surface area contributed by atoms with Crippen molar-refractivity contribution in [3.8, 4) is 0 Å². The highest BCUT2D eigenvalue weighted by Gasteiger charge is 2.36. The van der Waals surface area contributed by atoms with Gasteiger partial charge in [-0.3, -0.25) is 9.59 Å². The van der Waals surface area contributed by atoms with Gasteiger partial charge < -0.3 is 15.1 Å². The molecule has 0 aromatic heterocycles. The largest absolute Gasteiger partial charge is 0.339 e. The van der Waals surface area contributed by atoms with Crippen LogP contribution in [0.3, 0.4) is 0 Å². The molecule has 0 aliphatic carbocycles. The molecule has 1 N–H and O–H groups in total. The second kappa shape index (κ2) is 6.12. The van der Waals surface area contributed by atoms with Gasteiger partial charge in [0.1, 0.15) is 0 Å². The van der Waals surface area contributed by atoms with Crippen LogP contribution in [-0.2, 0) is 9.59 Å². The minimum Gasteiger partial charge on any atom is -0.339 e. The maximum absolute atomic E-state index is 12.3. The smallest absolute Gasteiger partial charge is 0.223 e. The number of rotatable bonds is 3. The van der Waals surface area contributed by atoms with Crippen molar-refractivity contribution in [3.63, 3.8) is 0 Å². The Labute approximate surface area is 120 Å². The van der Waals surface area contributed by atoms with E-state index in [-0.39, 0.29) is 5.91 Å². The summed E-state index contributed by atoms with van der Waals surface area (Å²) in [7, 11) is 0. The molecule has 3 saturated heterocycles. The van der Waals surface area contributed by atoms with Gasteiger partial charge in [0.2, 0.25) is 11.8 Å². The lowest BCUT2D eigenvalue weighted by Gasteiger charge is -2.37. The molecule has 0 aromatic carbocycles. The van der Waals surface area contributed by atoms with Crippen LogP contribution in [0.1, 0.15) is 38.5 Å². The normalized spacial score (nSPS) is 27.8. The zero-order chi connectivity index (χ0) is 13.9. The van der Waals surface area contributed by atoms with Gasteiger partial charge in [0.15, 0.2) is 0 Å². The summed E-state index contributed by atoms with van der Waals surface area (Å²) in [4.78, 5) is 27.9. The molecule has 5 heteroatoms. The molecule has 3 aliphatic heterocycles. The van der Waals surface area contributed by atoms with Crippen LogP contribution in [0.2, 0.25) is 0 Å². The summed E-state index contributed by atoms with van der Waals surface area (Å²) in [6, 6.07) is 0.291. The summed E-state index contributed by atoms with van der Waals surface area (Å²) in [5, 5.41) is 3.36. The molecule has 0 saturated carbocycles. The fraction of sp³-hybridized carbons (Fsp3) is 0.867. The minimum atomic E-state index is 0.275. The van der Waals surface area contributed by atoms with E-state index in [1.54, 1.807) is 0 Å². The van der Waals surface area contributed by atoms with Crippen molar-refractivity contribution in [1.82, 2.24) is 15.1 Å². The number of fused-ring (bicyclic) bond motifs is 1. The highest BCUT2D eigenvalue weighted by molar-refractivity contribution is 5.80. The molecule has 3 aliphatic rings. The van der Waals surface area contributed by atoms with Crippen molar-refractivity contribution < 1.29 is 9.59 Å². The van der Waals surface area contributed by atoms with E-state index >= 15 is 0 Å². The number of carbonyl (C=O) groups excluding carboxylic acids is 2. The van der Waals surface area contributed by atoms with E-state index in [9.17, 15) is 9.59 Å². The zero-order valence-corrected chi connectivity index (χ0v) is 12.1. The molecule has 3 rings (SSSR count). The van der Waals surface area contributed by atoms with Crippen LogP contribution < -0.4 is 5.32 Å². The first-order valence-corrected chi connectivity index (χ1v) is 8.02. The van der Waals surface area contributed by atoms with Gasteiger partial charge in [-0.15, -0.1) is 0 Å². The van der Waals surface area contributed by atoms with E-state index < -0.39 is 0 Å². The zero-order valence-electron chi connectivity index (χ0n) is 12.1. The first-order chi connectivity index (χ1) is 9.74. The Morgan fingerprint density at radius 1 is 1.20 bits per heavy atom. The molecule has 0 spiro atoms. The number of nitrogens with zero attached hydrogens (tertiary/aromatic N) is 2. The molecular formula is C15H25N3O2. The van der Waals surface area contributed by atoms with Crippen molar-refractivity contribution >= 4 is 11.8 Å². The lowest BCUT2D eigenvalue weighted by atomic mass is 9.93. The molecule has 3 heterocycles. The van der Waals surface area contributed by atoms with Crippen molar-refractivity contribution in [2.75, 3.05) is 32.7 Å². The summed E-state index contributed by atoms with van der Waals surface area (Å²) in [5.41, 5.74) is 0. The molecule has 2 amide bonds. The van der Waals surface area contributed by atoms with Crippen molar-refractivity contribution in [2.45, 2.75) is 44.6 Å². The van der Waals surface area contributed by atoms with Crippen LogP contribution in [0.4, 0.5) is 0 Å². The fourth-order valence-electron chi connectivity index (χ4n) is 3.75.